The molecule has 0 saturated carbocycles. The number of benzene rings is 2. The minimum absolute atomic E-state index is 0.0195. The Kier molecular flexibility index (Phi) is 5.34. The van der Waals surface area contributed by atoms with Gasteiger partial charge in [-0.25, -0.2) is 9.18 Å². The average Bonchev–Trinajstić information content (AvgIpc) is 2.62. The number of nitrogens with zero attached hydrogens (tertiary/aromatic N) is 1. The third-order valence-corrected chi connectivity index (χ3v) is 4.59. The molecule has 0 radical (unpaired) electrons. The van der Waals surface area contributed by atoms with E-state index in [0.29, 0.717) is 19.6 Å². The summed E-state index contributed by atoms with van der Waals surface area (Å²) in [6, 6.07) is 14.4. The Morgan fingerprint density at radius 3 is 2.76 bits per heavy atom. The largest absolute Gasteiger partial charge is 0.442 e. The fraction of sp³-hybridized carbons (Fsp3) is 0.350. The predicted octanol–water partition coefficient (Wildman–Crippen LogP) is 3.98. The molecular formula is C20H23FN2O2. The van der Waals surface area contributed by atoms with Crippen molar-refractivity contribution in [2.75, 3.05) is 19.6 Å². The summed E-state index contributed by atoms with van der Waals surface area (Å²) in [7, 11) is 0. The molecule has 1 fully saturated rings. The Bertz CT molecular complexity index is 736. The van der Waals surface area contributed by atoms with Gasteiger partial charge in [0.15, 0.2) is 0 Å². The topological polar surface area (TPSA) is 41.6 Å². The second kappa shape index (κ2) is 7.66. The first-order valence-corrected chi connectivity index (χ1v) is 8.54. The molecule has 1 amide bonds. The summed E-state index contributed by atoms with van der Waals surface area (Å²) in [5.41, 5.74) is 2.86. The highest BCUT2D eigenvalue weighted by atomic mass is 19.1. The molecule has 4 nitrogen and oxygen atoms in total. The van der Waals surface area contributed by atoms with Crippen LogP contribution in [0.3, 0.4) is 0 Å². The lowest BCUT2D eigenvalue weighted by atomic mass is 9.99. The number of hydrogen-bond donors (Lipinski definition) is 1. The Labute approximate surface area is 147 Å². The van der Waals surface area contributed by atoms with Crippen LogP contribution in [-0.4, -0.2) is 30.6 Å². The number of halogens is 1. The zero-order valence-electron chi connectivity index (χ0n) is 14.5. The van der Waals surface area contributed by atoms with Gasteiger partial charge in [0.25, 0.3) is 0 Å². The first-order chi connectivity index (χ1) is 12.0. The average molecular weight is 342 g/mol. The fourth-order valence-electron chi connectivity index (χ4n) is 3.17. The zero-order chi connectivity index (χ0) is 17.8. The van der Waals surface area contributed by atoms with Crippen LogP contribution >= 0.6 is 0 Å². The second-order valence-electron chi connectivity index (χ2n) is 6.39. The number of amides is 1. The smallest absolute Gasteiger partial charge is 0.410 e. The van der Waals surface area contributed by atoms with E-state index in [-0.39, 0.29) is 24.1 Å². The van der Waals surface area contributed by atoms with Crippen molar-refractivity contribution in [2.45, 2.75) is 26.0 Å². The van der Waals surface area contributed by atoms with Crippen molar-refractivity contribution in [2.24, 2.45) is 0 Å². The Hall–Kier alpha value is -2.40. The zero-order valence-corrected chi connectivity index (χ0v) is 14.5. The normalized spacial score (nSPS) is 18.7. The minimum Gasteiger partial charge on any atom is -0.442 e. The Morgan fingerprint density at radius 2 is 2.04 bits per heavy atom. The highest BCUT2D eigenvalue weighted by molar-refractivity contribution is 5.68. The molecule has 1 heterocycles. The number of hydrogen-bond acceptors (Lipinski definition) is 3. The number of aryl methyl sites for hydroxylation is 1. The first-order valence-electron chi connectivity index (χ1n) is 8.54. The van der Waals surface area contributed by atoms with E-state index >= 15 is 0 Å². The number of piperazine rings is 1. The molecule has 0 spiro atoms. The van der Waals surface area contributed by atoms with Gasteiger partial charge < -0.3 is 15.0 Å². The SMILES string of the molecule is Cc1cc(F)ccc1C1CN(C(=O)O[C@H](C)c2ccccc2)CCN1. The van der Waals surface area contributed by atoms with Crippen molar-refractivity contribution < 1.29 is 13.9 Å². The molecule has 3 rings (SSSR count). The van der Waals surface area contributed by atoms with Gasteiger partial charge >= 0.3 is 6.09 Å². The molecule has 1 N–H and O–H groups in total. The molecule has 2 atom stereocenters. The number of rotatable bonds is 3. The third kappa shape index (κ3) is 4.17. The van der Waals surface area contributed by atoms with Crippen LogP contribution in [0.4, 0.5) is 9.18 Å². The number of carbonyl (C=O) groups excluding carboxylic acids is 1. The van der Waals surface area contributed by atoms with Crippen LogP contribution in [0.2, 0.25) is 0 Å². The molecule has 0 aliphatic carbocycles. The number of ether oxygens (including phenoxy) is 1. The van der Waals surface area contributed by atoms with Gasteiger partial charge in [-0.05, 0) is 42.7 Å². The van der Waals surface area contributed by atoms with Crippen molar-refractivity contribution in [1.82, 2.24) is 10.2 Å². The monoisotopic (exact) mass is 342 g/mol. The summed E-state index contributed by atoms with van der Waals surface area (Å²) in [6.45, 7) is 5.53. The van der Waals surface area contributed by atoms with Crippen molar-refractivity contribution in [3.05, 3.63) is 71.0 Å². The standard InChI is InChI=1S/C20H23FN2O2/c1-14-12-17(21)8-9-18(14)19-13-23(11-10-22-19)20(24)25-15(2)16-6-4-3-5-7-16/h3-9,12,15,19,22H,10-11,13H2,1-2H3/t15-,19?/m1/s1. The van der Waals surface area contributed by atoms with Crippen LogP contribution in [0.1, 0.15) is 35.8 Å². The maximum atomic E-state index is 13.3. The van der Waals surface area contributed by atoms with E-state index < -0.39 is 0 Å². The molecule has 5 heteroatoms. The lowest BCUT2D eigenvalue weighted by Gasteiger charge is -2.34. The predicted molar refractivity (Wildman–Crippen MR) is 94.8 cm³/mol. The fourth-order valence-corrected chi connectivity index (χ4v) is 3.17. The van der Waals surface area contributed by atoms with E-state index in [1.807, 2.05) is 44.2 Å². The van der Waals surface area contributed by atoms with Gasteiger partial charge in [0, 0.05) is 19.6 Å². The molecule has 1 saturated heterocycles. The second-order valence-corrected chi connectivity index (χ2v) is 6.39. The van der Waals surface area contributed by atoms with Gasteiger partial charge in [0.1, 0.15) is 11.9 Å². The molecule has 1 unspecified atom stereocenters. The minimum atomic E-state index is -0.317. The van der Waals surface area contributed by atoms with Gasteiger partial charge in [0.05, 0.1) is 6.04 Å². The summed E-state index contributed by atoms with van der Waals surface area (Å²) < 4.78 is 18.9. The van der Waals surface area contributed by atoms with Crippen LogP contribution in [0, 0.1) is 12.7 Å². The van der Waals surface area contributed by atoms with E-state index in [2.05, 4.69) is 5.32 Å². The Balaban J connectivity index is 1.65. The van der Waals surface area contributed by atoms with Crippen LogP contribution in [0.15, 0.2) is 48.5 Å². The van der Waals surface area contributed by atoms with Crippen LogP contribution < -0.4 is 5.32 Å². The maximum absolute atomic E-state index is 13.3. The molecule has 1 aliphatic heterocycles. The molecule has 0 bridgehead atoms. The van der Waals surface area contributed by atoms with Gasteiger partial charge in [0.2, 0.25) is 0 Å². The van der Waals surface area contributed by atoms with Crippen molar-refractivity contribution in [3.8, 4) is 0 Å². The van der Waals surface area contributed by atoms with Gasteiger partial charge in [-0.1, -0.05) is 36.4 Å². The summed E-state index contributed by atoms with van der Waals surface area (Å²) in [5.74, 6) is -0.245. The molecule has 2 aromatic rings. The molecule has 0 aromatic heterocycles. The Morgan fingerprint density at radius 1 is 1.28 bits per heavy atom. The highest BCUT2D eigenvalue weighted by Gasteiger charge is 2.27. The summed E-state index contributed by atoms with van der Waals surface area (Å²) in [6.07, 6.45) is -0.614. The highest BCUT2D eigenvalue weighted by Crippen LogP contribution is 2.23. The molecular weight excluding hydrogens is 319 g/mol. The van der Waals surface area contributed by atoms with E-state index in [1.54, 1.807) is 11.0 Å². The van der Waals surface area contributed by atoms with Gasteiger partial charge in [-0.15, -0.1) is 0 Å². The quantitative estimate of drug-likeness (QED) is 0.917. The van der Waals surface area contributed by atoms with Crippen molar-refractivity contribution in [1.29, 1.82) is 0 Å². The lowest BCUT2D eigenvalue weighted by molar-refractivity contribution is 0.0608. The molecule has 2 aromatic carbocycles. The summed E-state index contributed by atoms with van der Waals surface area (Å²) in [5, 5.41) is 3.39. The van der Waals surface area contributed by atoms with Crippen molar-refractivity contribution >= 4 is 6.09 Å². The van der Waals surface area contributed by atoms with Crippen LogP contribution in [0.25, 0.3) is 0 Å². The van der Waals surface area contributed by atoms with Crippen LogP contribution in [0.5, 0.6) is 0 Å². The van der Waals surface area contributed by atoms with E-state index in [1.165, 1.54) is 12.1 Å². The molecule has 1 aliphatic rings. The summed E-state index contributed by atoms with van der Waals surface area (Å²) >= 11 is 0. The third-order valence-electron chi connectivity index (χ3n) is 4.59. The van der Waals surface area contributed by atoms with E-state index in [0.717, 1.165) is 16.7 Å². The van der Waals surface area contributed by atoms with E-state index in [4.69, 9.17) is 4.74 Å². The van der Waals surface area contributed by atoms with E-state index in [9.17, 15) is 9.18 Å². The summed E-state index contributed by atoms with van der Waals surface area (Å²) in [4.78, 5) is 14.2. The number of carbonyl (C=O) groups is 1. The van der Waals surface area contributed by atoms with Gasteiger partial charge in [-0.3, -0.25) is 0 Å². The van der Waals surface area contributed by atoms with Crippen molar-refractivity contribution in [3.63, 3.8) is 0 Å². The van der Waals surface area contributed by atoms with Gasteiger partial charge in [-0.2, -0.15) is 0 Å². The maximum Gasteiger partial charge on any atom is 0.410 e. The first kappa shape index (κ1) is 17.4. The number of nitrogens with one attached hydrogen (secondary N) is 1. The molecule has 132 valence electrons. The lowest BCUT2D eigenvalue weighted by Crippen LogP contribution is -2.48. The van der Waals surface area contributed by atoms with Crippen LogP contribution in [-0.2, 0) is 4.74 Å². The molecule has 25 heavy (non-hydrogen) atoms.